The average molecular weight is 305 g/mol. The summed E-state index contributed by atoms with van der Waals surface area (Å²) in [5.41, 5.74) is 2.04. The van der Waals surface area contributed by atoms with Gasteiger partial charge in [0.2, 0.25) is 11.7 Å². The molecule has 2 heterocycles. The van der Waals surface area contributed by atoms with Crippen molar-refractivity contribution in [1.82, 2.24) is 9.36 Å². The monoisotopic (exact) mass is 304 g/mol. The van der Waals surface area contributed by atoms with Gasteiger partial charge in [-0.2, -0.15) is 4.37 Å². The molecule has 7 heteroatoms. The molecule has 0 atom stereocenters. The third-order valence-electron chi connectivity index (χ3n) is 1.66. The number of ether oxygens (including phenoxy) is 1. The average Bonchev–Trinajstić information content (AvgIpc) is 2.84. The summed E-state index contributed by atoms with van der Waals surface area (Å²) in [6, 6.07) is 1.61. The number of halogens is 1. The number of methoxy groups -OCH3 is 1. The molecular formula is C8H5BrN2O2S2. The van der Waals surface area contributed by atoms with E-state index in [0.29, 0.717) is 16.5 Å². The maximum absolute atomic E-state index is 11.9. The topological polar surface area (TPSA) is 52.1 Å². The number of rotatable bonds is 3. The molecule has 0 aliphatic heterocycles. The molecule has 0 amide bonds. The summed E-state index contributed by atoms with van der Waals surface area (Å²) in [5.74, 6) is 0.318. The van der Waals surface area contributed by atoms with E-state index in [2.05, 4.69) is 25.3 Å². The van der Waals surface area contributed by atoms with E-state index in [9.17, 15) is 4.79 Å². The van der Waals surface area contributed by atoms with Crippen molar-refractivity contribution in [2.75, 3.05) is 7.11 Å². The van der Waals surface area contributed by atoms with Crippen LogP contribution in [0, 0.1) is 0 Å². The van der Waals surface area contributed by atoms with Gasteiger partial charge in [0.15, 0.2) is 0 Å². The molecule has 2 rings (SSSR count). The highest BCUT2D eigenvalue weighted by Crippen LogP contribution is 2.26. The predicted octanol–water partition coefficient (Wildman–Crippen LogP) is 2.60. The minimum Gasteiger partial charge on any atom is -0.480 e. The summed E-state index contributed by atoms with van der Waals surface area (Å²) in [7, 11) is 1.52. The molecule has 0 radical (unpaired) electrons. The van der Waals surface area contributed by atoms with E-state index in [1.54, 1.807) is 11.6 Å². The molecule has 2 aromatic rings. The van der Waals surface area contributed by atoms with Crippen LogP contribution in [0.15, 0.2) is 15.4 Å². The number of carbonyl (C=O) groups excluding carboxylic acids is 1. The number of aromatic nitrogens is 2. The minimum atomic E-state index is -0.135. The van der Waals surface area contributed by atoms with Crippen molar-refractivity contribution in [1.29, 1.82) is 0 Å². The molecule has 0 unspecified atom stereocenters. The van der Waals surface area contributed by atoms with Gasteiger partial charge in [0.25, 0.3) is 0 Å². The van der Waals surface area contributed by atoms with Crippen LogP contribution >= 0.6 is 38.8 Å². The second-order valence-electron chi connectivity index (χ2n) is 2.54. The van der Waals surface area contributed by atoms with E-state index < -0.39 is 0 Å². The van der Waals surface area contributed by atoms with Crippen molar-refractivity contribution >= 4 is 44.6 Å². The molecule has 4 nitrogen and oxygen atoms in total. The molecule has 0 aliphatic rings. The number of hydrogen-bond donors (Lipinski definition) is 0. The van der Waals surface area contributed by atoms with Crippen LogP contribution in [0.25, 0.3) is 0 Å². The molecule has 0 fully saturated rings. The van der Waals surface area contributed by atoms with Crippen LogP contribution in [-0.4, -0.2) is 22.3 Å². The fourth-order valence-electron chi connectivity index (χ4n) is 0.959. The van der Waals surface area contributed by atoms with E-state index in [1.165, 1.54) is 18.4 Å². The SMILES string of the molecule is COc1cc(C(=O)c2ncsc2Br)sn1. The highest BCUT2D eigenvalue weighted by atomic mass is 79.9. The van der Waals surface area contributed by atoms with Gasteiger partial charge in [0.05, 0.1) is 12.6 Å². The van der Waals surface area contributed by atoms with E-state index in [0.717, 1.165) is 15.3 Å². The summed E-state index contributed by atoms with van der Waals surface area (Å²) in [6.45, 7) is 0. The Morgan fingerprint density at radius 2 is 2.40 bits per heavy atom. The van der Waals surface area contributed by atoms with Gasteiger partial charge in [0, 0.05) is 6.07 Å². The molecule has 0 bridgehead atoms. The van der Waals surface area contributed by atoms with E-state index in [4.69, 9.17) is 4.74 Å². The molecule has 0 saturated heterocycles. The smallest absolute Gasteiger partial charge is 0.225 e. The van der Waals surface area contributed by atoms with E-state index >= 15 is 0 Å². The lowest BCUT2D eigenvalue weighted by atomic mass is 10.3. The van der Waals surface area contributed by atoms with Crippen molar-refractivity contribution in [3.8, 4) is 5.88 Å². The van der Waals surface area contributed by atoms with Gasteiger partial charge in [-0.05, 0) is 27.5 Å². The fourth-order valence-corrected chi connectivity index (χ4v) is 2.65. The van der Waals surface area contributed by atoms with Gasteiger partial charge in [-0.25, -0.2) is 4.98 Å². The summed E-state index contributed by atoms with van der Waals surface area (Å²) in [6.07, 6.45) is 0. The number of hydrogen-bond acceptors (Lipinski definition) is 6. The van der Waals surface area contributed by atoms with Crippen molar-refractivity contribution < 1.29 is 9.53 Å². The molecule has 78 valence electrons. The Morgan fingerprint density at radius 3 is 2.93 bits per heavy atom. The first-order valence-corrected chi connectivity index (χ1v) is 6.31. The van der Waals surface area contributed by atoms with E-state index in [1.807, 2.05) is 0 Å². The molecule has 0 aromatic carbocycles. The largest absolute Gasteiger partial charge is 0.480 e. The summed E-state index contributed by atoms with van der Waals surface area (Å²) < 4.78 is 9.60. The van der Waals surface area contributed by atoms with Crippen LogP contribution in [0.4, 0.5) is 0 Å². The quantitative estimate of drug-likeness (QED) is 0.818. The molecule has 0 N–H and O–H groups in total. The third-order valence-corrected chi connectivity index (χ3v) is 3.98. The predicted molar refractivity (Wildman–Crippen MR) is 61.9 cm³/mol. The first kappa shape index (κ1) is 10.7. The highest BCUT2D eigenvalue weighted by Gasteiger charge is 2.18. The maximum Gasteiger partial charge on any atom is 0.225 e. The van der Waals surface area contributed by atoms with E-state index in [-0.39, 0.29) is 5.78 Å². The minimum absolute atomic E-state index is 0.135. The summed E-state index contributed by atoms with van der Waals surface area (Å²) in [4.78, 5) is 16.4. The van der Waals surface area contributed by atoms with Crippen LogP contribution in [0.2, 0.25) is 0 Å². The van der Waals surface area contributed by atoms with Crippen LogP contribution < -0.4 is 4.74 Å². The van der Waals surface area contributed by atoms with Crippen molar-refractivity contribution in [3.05, 3.63) is 25.9 Å². The van der Waals surface area contributed by atoms with Crippen LogP contribution in [0.5, 0.6) is 5.88 Å². The molecule has 2 aromatic heterocycles. The number of nitrogens with zero attached hydrogens (tertiary/aromatic N) is 2. The standard InChI is InChI=1S/C8H5BrN2O2S2/c1-13-5-2-4(15-11-5)7(12)6-8(9)14-3-10-6/h2-3H,1H3. The Hall–Kier alpha value is -0.790. The molecular weight excluding hydrogens is 300 g/mol. The van der Waals surface area contributed by atoms with Gasteiger partial charge in [-0.3, -0.25) is 4.79 Å². The van der Waals surface area contributed by atoms with Crippen molar-refractivity contribution in [2.24, 2.45) is 0 Å². The van der Waals surface area contributed by atoms with Gasteiger partial charge >= 0.3 is 0 Å². The van der Waals surface area contributed by atoms with Crippen LogP contribution in [0.1, 0.15) is 15.4 Å². The lowest BCUT2D eigenvalue weighted by Crippen LogP contribution is -1.99. The van der Waals surface area contributed by atoms with Gasteiger partial charge in [-0.1, -0.05) is 0 Å². The summed E-state index contributed by atoms with van der Waals surface area (Å²) in [5, 5.41) is 0. The Balaban J connectivity index is 2.32. The zero-order valence-corrected chi connectivity index (χ0v) is 10.8. The Labute approximate surface area is 102 Å². The number of carbonyl (C=O) groups is 1. The lowest BCUT2D eigenvalue weighted by Gasteiger charge is -1.91. The summed E-state index contributed by atoms with van der Waals surface area (Å²) >= 11 is 5.76. The van der Waals surface area contributed by atoms with Crippen molar-refractivity contribution in [2.45, 2.75) is 0 Å². The zero-order chi connectivity index (χ0) is 10.8. The Morgan fingerprint density at radius 1 is 1.60 bits per heavy atom. The third kappa shape index (κ3) is 2.09. The first-order valence-electron chi connectivity index (χ1n) is 3.86. The lowest BCUT2D eigenvalue weighted by molar-refractivity contribution is 0.103. The maximum atomic E-state index is 11.9. The Kier molecular flexibility index (Phi) is 3.13. The molecule has 15 heavy (non-hydrogen) atoms. The van der Waals surface area contributed by atoms with Gasteiger partial charge < -0.3 is 4.74 Å². The Bertz CT molecular complexity index is 494. The van der Waals surface area contributed by atoms with Crippen LogP contribution in [-0.2, 0) is 0 Å². The second-order valence-corrected chi connectivity index (χ2v) is 5.51. The molecule has 0 aliphatic carbocycles. The van der Waals surface area contributed by atoms with Gasteiger partial charge in [0.1, 0.15) is 14.4 Å². The van der Waals surface area contributed by atoms with Crippen LogP contribution in [0.3, 0.4) is 0 Å². The first-order chi connectivity index (χ1) is 7.22. The van der Waals surface area contributed by atoms with Gasteiger partial charge in [-0.15, -0.1) is 11.3 Å². The second kappa shape index (κ2) is 4.38. The highest BCUT2D eigenvalue weighted by molar-refractivity contribution is 9.11. The number of thiazole rings is 1. The van der Waals surface area contributed by atoms with Crippen molar-refractivity contribution in [3.63, 3.8) is 0 Å². The normalized spacial score (nSPS) is 10.3. The number of ketones is 1. The zero-order valence-electron chi connectivity index (χ0n) is 7.56. The molecule has 0 saturated carbocycles. The fraction of sp³-hybridized carbons (Fsp3) is 0.125. The molecule has 0 spiro atoms.